The number of hydrogen-bond acceptors (Lipinski definition) is 2. The van der Waals surface area contributed by atoms with Gasteiger partial charge in [0.25, 0.3) is 0 Å². The zero-order chi connectivity index (χ0) is 12.8. The van der Waals surface area contributed by atoms with Gasteiger partial charge in [0.1, 0.15) is 11.6 Å². The highest BCUT2D eigenvalue weighted by atomic mass is 19.1. The van der Waals surface area contributed by atoms with Gasteiger partial charge in [-0.1, -0.05) is 6.92 Å². The normalized spacial score (nSPS) is 12.4. The Balaban J connectivity index is 2.36. The maximum atomic E-state index is 13.2. The SMILES string of the molecule is CC(CCNCc1cc(F)ccc1F)C(=O)O. The van der Waals surface area contributed by atoms with E-state index in [0.717, 1.165) is 18.2 Å². The molecule has 3 nitrogen and oxygen atoms in total. The summed E-state index contributed by atoms with van der Waals surface area (Å²) in [5.41, 5.74) is 0.243. The quantitative estimate of drug-likeness (QED) is 0.753. The second kappa shape index (κ2) is 6.30. The molecule has 1 aromatic rings. The van der Waals surface area contributed by atoms with Gasteiger partial charge in [0.2, 0.25) is 0 Å². The largest absolute Gasteiger partial charge is 0.481 e. The highest BCUT2D eigenvalue weighted by molar-refractivity contribution is 5.69. The van der Waals surface area contributed by atoms with Crippen LogP contribution in [-0.4, -0.2) is 17.6 Å². The number of nitrogens with one attached hydrogen (secondary N) is 1. The van der Waals surface area contributed by atoms with E-state index >= 15 is 0 Å². The van der Waals surface area contributed by atoms with Crippen molar-refractivity contribution in [3.63, 3.8) is 0 Å². The number of aliphatic carboxylic acids is 1. The molecule has 1 atom stereocenters. The summed E-state index contributed by atoms with van der Waals surface area (Å²) >= 11 is 0. The second-order valence-electron chi connectivity index (χ2n) is 3.94. The Hall–Kier alpha value is -1.49. The minimum Gasteiger partial charge on any atom is -0.481 e. The van der Waals surface area contributed by atoms with Crippen molar-refractivity contribution >= 4 is 5.97 Å². The summed E-state index contributed by atoms with van der Waals surface area (Å²) in [4.78, 5) is 10.5. The zero-order valence-corrected chi connectivity index (χ0v) is 9.54. The van der Waals surface area contributed by atoms with Gasteiger partial charge in [-0.25, -0.2) is 8.78 Å². The summed E-state index contributed by atoms with van der Waals surface area (Å²) in [6.07, 6.45) is 0.451. The van der Waals surface area contributed by atoms with Crippen molar-refractivity contribution in [3.05, 3.63) is 35.4 Å². The van der Waals surface area contributed by atoms with Crippen LogP contribution in [0.2, 0.25) is 0 Å². The third kappa shape index (κ3) is 4.48. The number of benzene rings is 1. The van der Waals surface area contributed by atoms with Crippen LogP contribution in [0.3, 0.4) is 0 Å². The summed E-state index contributed by atoms with van der Waals surface area (Å²) in [5.74, 6) is -2.25. The van der Waals surface area contributed by atoms with Crippen molar-refractivity contribution in [3.8, 4) is 0 Å². The van der Waals surface area contributed by atoms with E-state index in [2.05, 4.69) is 5.32 Å². The third-order valence-corrected chi connectivity index (χ3v) is 2.50. The fraction of sp³-hybridized carbons (Fsp3) is 0.417. The molecule has 5 heteroatoms. The van der Waals surface area contributed by atoms with E-state index in [4.69, 9.17) is 5.11 Å². The predicted molar refractivity (Wildman–Crippen MR) is 59.5 cm³/mol. The average molecular weight is 243 g/mol. The van der Waals surface area contributed by atoms with Crippen molar-refractivity contribution < 1.29 is 18.7 Å². The highest BCUT2D eigenvalue weighted by Crippen LogP contribution is 2.09. The van der Waals surface area contributed by atoms with Gasteiger partial charge in [0.15, 0.2) is 0 Å². The monoisotopic (exact) mass is 243 g/mol. The third-order valence-electron chi connectivity index (χ3n) is 2.50. The van der Waals surface area contributed by atoms with Gasteiger partial charge in [-0.2, -0.15) is 0 Å². The smallest absolute Gasteiger partial charge is 0.306 e. The number of hydrogen-bond donors (Lipinski definition) is 2. The number of carboxylic acids is 1. The van der Waals surface area contributed by atoms with Crippen molar-refractivity contribution in [1.29, 1.82) is 0 Å². The Labute approximate surface area is 98.5 Å². The maximum absolute atomic E-state index is 13.2. The molecular formula is C12H15F2NO2. The van der Waals surface area contributed by atoms with Crippen LogP contribution < -0.4 is 5.32 Å². The van der Waals surface area contributed by atoms with E-state index < -0.39 is 23.5 Å². The molecule has 0 aliphatic rings. The number of carbonyl (C=O) groups is 1. The molecule has 0 aliphatic heterocycles. The Morgan fingerprint density at radius 3 is 2.82 bits per heavy atom. The summed E-state index contributed by atoms with van der Waals surface area (Å²) in [7, 11) is 0. The highest BCUT2D eigenvalue weighted by Gasteiger charge is 2.10. The summed E-state index contributed by atoms with van der Waals surface area (Å²) < 4.78 is 26.0. The Morgan fingerprint density at radius 2 is 2.18 bits per heavy atom. The van der Waals surface area contributed by atoms with Crippen molar-refractivity contribution in [2.75, 3.05) is 6.54 Å². The molecule has 0 saturated heterocycles. The van der Waals surface area contributed by atoms with Gasteiger partial charge in [0, 0.05) is 12.1 Å². The summed E-state index contributed by atoms with van der Waals surface area (Å²) in [5, 5.41) is 11.5. The number of carboxylic acid groups (broad SMARTS) is 1. The van der Waals surface area contributed by atoms with Gasteiger partial charge < -0.3 is 10.4 Å². The van der Waals surface area contributed by atoms with E-state index in [1.807, 2.05) is 0 Å². The molecule has 94 valence electrons. The second-order valence-corrected chi connectivity index (χ2v) is 3.94. The van der Waals surface area contributed by atoms with Crippen LogP contribution in [0.5, 0.6) is 0 Å². The maximum Gasteiger partial charge on any atom is 0.306 e. The number of halogens is 2. The molecule has 0 heterocycles. The first-order valence-corrected chi connectivity index (χ1v) is 5.38. The molecule has 0 amide bonds. The van der Waals surface area contributed by atoms with E-state index in [9.17, 15) is 13.6 Å². The lowest BCUT2D eigenvalue weighted by Gasteiger charge is -2.08. The van der Waals surface area contributed by atoms with Crippen LogP contribution in [0.4, 0.5) is 8.78 Å². The molecule has 0 bridgehead atoms. The van der Waals surface area contributed by atoms with Crippen molar-refractivity contribution in [1.82, 2.24) is 5.32 Å². The Morgan fingerprint density at radius 1 is 1.47 bits per heavy atom. The summed E-state index contributed by atoms with van der Waals surface area (Å²) in [6, 6.07) is 3.26. The van der Waals surface area contributed by atoms with Gasteiger partial charge in [-0.15, -0.1) is 0 Å². The molecule has 0 aromatic heterocycles. The van der Waals surface area contributed by atoms with Crippen LogP contribution in [0, 0.1) is 17.6 Å². The van der Waals surface area contributed by atoms with Crippen LogP contribution in [-0.2, 0) is 11.3 Å². The minimum atomic E-state index is -0.858. The van der Waals surface area contributed by atoms with E-state index in [-0.39, 0.29) is 12.1 Å². The number of rotatable bonds is 6. The van der Waals surface area contributed by atoms with Crippen molar-refractivity contribution in [2.45, 2.75) is 19.9 Å². The van der Waals surface area contributed by atoms with Crippen LogP contribution in [0.1, 0.15) is 18.9 Å². The molecular weight excluding hydrogens is 228 g/mol. The molecule has 1 aromatic carbocycles. The van der Waals surface area contributed by atoms with Gasteiger partial charge in [-0.05, 0) is 31.2 Å². The lowest BCUT2D eigenvalue weighted by molar-refractivity contribution is -0.141. The first-order valence-electron chi connectivity index (χ1n) is 5.38. The predicted octanol–water partition coefficient (Wildman–Crippen LogP) is 2.17. The lowest BCUT2D eigenvalue weighted by Crippen LogP contribution is -2.20. The van der Waals surface area contributed by atoms with E-state index in [1.54, 1.807) is 6.92 Å². The molecule has 1 rings (SSSR count). The molecule has 0 fully saturated rings. The Bertz CT molecular complexity index is 396. The molecule has 0 radical (unpaired) electrons. The molecule has 17 heavy (non-hydrogen) atoms. The topological polar surface area (TPSA) is 49.3 Å². The molecule has 0 saturated carbocycles. The fourth-order valence-electron chi connectivity index (χ4n) is 1.34. The average Bonchev–Trinajstić information content (AvgIpc) is 2.28. The lowest BCUT2D eigenvalue weighted by atomic mass is 10.1. The first-order chi connectivity index (χ1) is 8.00. The van der Waals surface area contributed by atoms with E-state index in [1.165, 1.54) is 0 Å². The minimum absolute atomic E-state index is 0.190. The van der Waals surface area contributed by atoms with Gasteiger partial charge in [-0.3, -0.25) is 4.79 Å². The van der Waals surface area contributed by atoms with Gasteiger partial charge in [0.05, 0.1) is 5.92 Å². The fourth-order valence-corrected chi connectivity index (χ4v) is 1.34. The van der Waals surface area contributed by atoms with Crippen molar-refractivity contribution in [2.24, 2.45) is 5.92 Å². The van der Waals surface area contributed by atoms with Gasteiger partial charge >= 0.3 is 5.97 Å². The van der Waals surface area contributed by atoms with Crippen LogP contribution >= 0.6 is 0 Å². The summed E-state index contributed by atoms with van der Waals surface area (Å²) in [6.45, 7) is 2.24. The standard InChI is InChI=1S/C12H15F2NO2/c1-8(12(16)17)4-5-15-7-9-6-10(13)2-3-11(9)14/h2-3,6,8,15H,4-5,7H2,1H3,(H,16,17). The molecule has 0 aliphatic carbocycles. The molecule has 0 spiro atoms. The zero-order valence-electron chi connectivity index (χ0n) is 9.54. The first kappa shape index (κ1) is 13.6. The van der Waals surface area contributed by atoms with Crippen LogP contribution in [0.15, 0.2) is 18.2 Å². The molecule has 1 unspecified atom stereocenters. The molecule has 2 N–H and O–H groups in total. The van der Waals surface area contributed by atoms with Crippen LogP contribution in [0.25, 0.3) is 0 Å². The Kier molecular flexibility index (Phi) is 5.03. The van der Waals surface area contributed by atoms with E-state index in [0.29, 0.717) is 13.0 Å².